The summed E-state index contributed by atoms with van der Waals surface area (Å²) in [4.78, 5) is 11.1. The molecule has 3 heteroatoms. The molecule has 0 atom stereocenters. The van der Waals surface area contributed by atoms with Gasteiger partial charge in [0, 0.05) is 6.42 Å². The quantitative estimate of drug-likeness (QED) is 0.845. The number of ether oxygens (including phenoxy) is 1. The predicted molar refractivity (Wildman–Crippen MR) is 78.5 cm³/mol. The highest BCUT2D eigenvalue weighted by Crippen LogP contribution is 2.27. The maximum absolute atomic E-state index is 11.1. The van der Waals surface area contributed by atoms with Gasteiger partial charge in [0.25, 0.3) is 0 Å². The average molecular weight is 270 g/mol. The van der Waals surface area contributed by atoms with E-state index in [1.165, 1.54) is 7.11 Å². The Bertz CT molecular complexity index is 576. The number of carbonyl (C=O) groups excluding carboxylic acids is 1. The van der Waals surface area contributed by atoms with Crippen LogP contribution < -0.4 is 0 Å². The summed E-state index contributed by atoms with van der Waals surface area (Å²) >= 11 is 0. The number of phenolic OH excluding ortho intramolecular Hbond substituents is 1. The van der Waals surface area contributed by atoms with Crippen molar-refractivity contribution >= 4 is 5.97 Å². The van der Waals surface area contributed by atoms with Crippen LogP contribution in [0.15, 0.2) is 48.5 Å². The molecule has 1 N–H and O–H groups in total. The molecular weight excluding hydrogens is 252 g/mol. The van der Waals surface area contributed by atoms with Crippen LogP contribution in [0.2, 0.25) is 0 Å². The number of aromatic hydroxyl groups is 1. The molecule has 2 rings (SSSR count). The second-order valence-electron chi connectivity index (χ2n) is 4.64. The molecule has 0 saturated carbocycles. The van der Waals surface area contributed by atoms with Gasteiger partial charge in [0.1, 0.15) is 5.75 Å². The summed E-state index contributed by atoms with van der Waals surface area (Å²) in [5.41, 5.74) is 3.04. The largest absolute Gasteiger partial charge is 0.508 e. The molecule has 2 aromatic carbocycles. The molecule has 0 radical (unpaired) electrons. The number of hydrogen-bond donors (Lipinski definition) is 1. The van der Waals surface area contributed by atoms with Gasteiger partial charge in [-0.25, -0.2) is 0 Å². The number of rotatable bonds is 5. The Labute approximate surface area is 118 Å². The normalized spacial score (nSPS) is 10.2. The van der Waals surface area contributed by atoms with Gasteiger partial charge < -0.3 is 9.84 Å². The number of methoxy groups -OCH3 is 1. The van der Waals surface area contributed by atoms with Crippen molar-refractivity contribution in [3.8, 4) is 16.9 Å². The third-order valence-corrected chi connectivity index (χ3v) is 3.24. The molecule has 0 heterocycles. The topological polar surface area (TPSA) is 46.5 Å². The smallest absolute Gasteiger partial charge is 0.305 e. The molecule has 0 bridgehead atoms. The molecule has 20 heavy (non-hydrogen) atoms. The van der Waals surface area contributed by atoms with Crippen molar-refractivity contribution in [2.75, 3.05) is 7.11 Å². The SMILES string of the molecule is COC(=O)CCCc1cc(-c2ccccc2)ccc1O. The molecule has 3 nitrogen and oxygen atoms in total. The van der Waals surface area contributed by atoms with E-state index >= 15 is 0 Å². The van der Waals surface area contributed by atoms with Crippen LogP contribution in [0, 0.1) is 0 Å². The summed E-state index contributed by atoms with van der Waals surface area (Å²) in [6.45, 7) is 0. The summed E-state index contributed by atoms with van der Waals surface area (Å²) in [6, 6.07) is 15.6. The van der Waals surface area contributed by atoms with E-state index in [4.69, 9.17) is 0 Å². The van der Waals surface area contributed by atoms with Crippen molar-refractivity contribution < 1.29 is 14.6 Å². The Balaban J connectivity index is 2.11. The third-order valence-electron chi connectivity index (χ3n) is 3.24. The lowest BCUT2D eigenvalue weighted by Gasteiger charge is -2.08. The van der Waals surface area contributed by atoms with E-state index in [2.05, 4.69) is 4.74 Å². The van der Waals surface area contributed by atoms with Gasteiger partial charge in [-0.3, -0.25) is 4.79 Å². The number of carbonyl (C=O) groups is 1. The van der Waals surface area contributed by atoms with Crippen LogP contribution in [-0.2, 0) is 16.0 Å². The number of benzene rings is 2. The Morgan fingerprint density at radius 3 is 2.55 bits per heavy atom. The van der Waals surface area contributed by atoms with Gasteiger partial charge >= 0.3 is 5.97 Å². The zero-order chi connectivity index (χ0) is 14.4. The fourth-order valence-electron chi connectivity index (χ4n) is 2.12. The van der Waals surface area contributed by atoms with Gasteiger partial charge in [-0.15, -0.1) is 0 Å². The monoisotopic (exact) mass is 270 g/mol. The Hall–Kier alpha value is -2.29. The molecule has 2 aromatic rings. The average Bonchev–Trinajstić information content (AvgIpc) is 2.49. The molecule has 0 amide bonds. The zero-order valence-corrected chi connectivity index (χ0v) is 11.5. The first-order valence-electron chi connectivity index (χ1n) is 6.65. The molecular formula is C17H18O3. The first kappa shape index (κ1) is 14.1. The summed E-state index contributed by atoms with van der Waals surface area (Å²) in [5.74, 6) is 0.0539. The Kier molecular flexibility index (Phi) is 4.77. The van der Waals surface area contributed by atoms with E-state index in [1.54, 1.807) is 6.07 Å². The molecule has 0 aliphatic carbocycles. The number of phenols is 1. The Morgan fingerprint density at radius 2 is 1.85 bits per heavy atom. The van der Waals surface area contributed by atoms with E-state index in [1.807, 2.05) is 42.5 Å². The molecule has 104 valence electrons. The number of aryl methyl sites for hydroxylation is 1. The van der Waals surface area contributed by atoms with E-state index in [0.29, 0.717) is 19.3 Å². The predicted octanol–water partition coefficient (Wildman–Crippen LogP) is 3.55. The fraction of sp³-hybridized carbons (Fsp3) is 0.235. The molecule has 0 unspecified atom stereocenters. The highest BCUT2D eigenvalue weighted by atomic mass is 16.5. The summed E-state index contributed by atoms with van der Waals surface area (Å²) in [5, 5.41) is 9.89. The van der Waals surface area contributed by atoms with Crippen LogP contribution in [0.3, 0.4) is 0 Å². The molecule has 0 aromatic heterocycles. The van der Waals surface area contributed by atoms with E-state index in [9.17, 15) is 9.90 Å². The third kappa shape index (κ3) is 3.60. The second-order valence-corrected chi connectivity index (χ2v) is 4.64. The maximum atomic E-state index is 11.1. The van der Waals surface area contributed by atoms with Crippen LogP contribution in [-0.4, -0.2) is 18.2 Å². The van der Waals surface area contributed by atoms with Crippen molar-refractivity contribution in [2.45, 2.75) is 19.3 Å². The lowest BCUT2D eigenvalue weighted by molar-refractivity contribution is -0.140. The van der Waals surface area contributed by atoms with Crippen LogP contribution >= 0.6 is 0 Å². The number of hydrogen-bond acceptors (Lipinski definition) is 3. The maximum Gasteiger partial charge on any atom is 0.305 e. The first-order valence-corrected chi connectivity index (χ1v) is 6.65. The van der Waals surface area contributed by atoms with Crippen molar-refractivity contribution in [3.63, 3.8) is 0 Å². The van der Waals surface area contributed by atoms with E-state index in [-0.39, 0.29) is 11.7 Å². The fourth-order valence-corrected chi connectivity index (χ4v) is 2.12. The molecule has 0 fully saturated rings. The summed E-state index contributed by atoms with van der Waals surface area (Å²) in [7, 11) is 1.38. The van der Waals surface area contributed by atoms with Crippen molar-refractivity contribution in [1.82, 2.24) is 0 Å². The highest BCUT2D eigenvalue weighted by molar-refractivity contribution is 5.69. The summed E-state index contributed by atoms with van der Waals surface area (Å²) < 4.78 is 4.61. The van der Waals surface area contributed by atoms with Gasteiger partial charge in [0.05, 0.1) is 7.11 Å². The first-order chi connectivity index (χ1) is 9.70. The molecule has 0 saturated heterocycles. The van der Waals surface area contributed by atoms with E-state index in [0.717, 1.165) is 16.7 Å². The molecule has 0 spiro atoms. The minimum absolute atomic E-state index is 0.219. The van der Waals surface area contributed by atoms with E-state index < -0.39 is 0 Å². The number of esters is 1. The van der Waals surface area contributed by atoms with Crippen molar-refractivity contribution in [2.24, 2.45) is 0 Å². The standard InChI is InChI=1S/C17H18O3/c1-20-17(19)9-5-8-15-12-14(10-11-16(15)18)13-6-3-2-4-7-13/h2-4,6-7,10-12,18H,5,8-9H2,1H3. The van der Waals surface area contributed by atoms with Gasteiger partial charge in [0.2, 0.25) is 0 Å². The van der Waals surface area contributed by atoms with Crippen LogP contribution in [0.1, 0.15) is 18.4 Å². The Morgan fingerprint density at radius 1 is 1.10 bits per heavy atom. The van der Waals surface area contributed by atoms with Gasteiger partial charge in [-0.2, -0.15) is 0 Å². The lowest BCUT2D eigenvalue weighted by Crippen LogP contribution is -2.00. The minimum Gasteiger partial charge on any atom is -0.508 e. The van der Waals surface area contributed by atoms with Gasteiger partial charge in [-0.1, -0.05) is 36.4 Å². The minimum atomic E-state index is -0.219. The molecule has 0 aliphatic rings. The van der Waals surface area contributed by atoms with Gasteiger partial charge in [-0.05, 0) is 41.7 Å². The van der Waals surface area contributed by atoms with Crippen molar-refractivity contribution in [3.05, 3.63) is 54.1 Å². The van der Waals surface area contributed by atoms with Crippen LogP contribution in [0.4, 0.5) is 0 Å². The van der Waals surface area contributed by atoms with Gasteiger partial charge in [0.15, 0.2) is 0 Å². The van der Waals surface area contributed by atoms with Crippen LogP contribution in [0.5, 0.6) is 5.75 Å². The zero-order valence-electron chi connectivity index (χ0n) is 11.5. The van der Waals surface area contributed by atoms with Crippen LogP contribution in [0.25, 0.3) is 11.1 Å². The highest BCUT2D eigenvalue weighted by Gasteiger charge is 2.06. The molecule has 0 aliphatic heterocycles. The lowest BCUT2D eigenvalue weighted by atomic mass is 9.99. The summed E-state index contributed by atoms with van der Waals surface area (Å²) in [6.07, 6.45) is 1.69. The van der Waals surface area contributed by atoms with Crippen molar-refractivity contribution in [1.29, 1.82) is 0 Å². The second kappa shape index (κ2) is 6.75.